The Balaban J connectivity index is 0.000000430. The first-order chi connectivity index (χ1) is 51.9. The number of hydrogen-bond acceptors (Lipinski definition) is 18. The second-order valence-corrected chi connectivity index (χ2v) is 32.1. The van der Waals surface area contributed by atoms with E-state index in [0.717, 1.165) is 84.7 Å². The molecule has 0 spiro atoms. The summed E-state index contributed by atoms with van der Waals surface area (Å²) in [6.07, 6.45) is 5.69. The van der Waals surface area contributed by atoms with Crippen LogP contribution in [0.3, 0.4) is 0 Å². The summed E-state index contributed by atoms with van der Waals surface area (Å²) in [6, 6.07) is 26.0. The van der Waals surface area contributed by atoms with Crippen LogP contribution in [0.4, 0.5) is 0 Å². The summed E-state index contributed by atoms with van der Waals surface area (Å²) in [5.41, 5.74) is 23.6. The lowest BCUT2D eigenvalue weighted by Crippen LogP contribution is -2.67. The van der Waals surface area contributed by atoms with Crippen LogP contribution in [0, 0.1) is 64.1 Å². The third-order valence-electron chi connectivity index (χ3n) is 20.5. The fourth-order valence-electron chi connectivity index (χ4n) is 12.6. The number of unbranched alkanes of at least 4 members (excludes halogenated alkanes) is 1. The Morgan fingerprint density at radius 2 is 0.991 bits per heavy atom. The van der Waals surface area contributed by atoms with Crippen molar-refractivity contribution in [3.63, 3.8) is 0 Å². The molecule has 0 fully saturated rings. The van der Waals surface area contributed by atoms with Crippen LogP contribution in [-0.2, 0) is 57.6 Å². The van der Waals surface area contributed by atoms with Crippen LogP contribution in [0.5, 0.6) is 23.0 Å². The number of nitrogens with zero attached hydrogens (tertiary/aromatic N) is 5. The Morgan fingerprint density at radius 3 is 1.35 bits per heavy atom. The van der Waals surface area contributed by atoms with E-state index < -0.39 is 58.7 Å². The fourth-order valence-corrected chi connectivity index (χ4v) is 12.6. The van der Waals surface area contributed by atoms with Crippen LogP contribution < -0.4 is 62.7 Å². The van der Waals surface area contributed by atoms with Crippen molar-refractivity contribution in [2.24, 2.45) is 75.6 Å². The van der Waals surface area contributed by atoms with Crippen LogP contribution >= 0.6 is 0 Å². The van der Waals surface area contributed by atoms with Gasteiger partial charge in [-0.05, 0) is 159 Å². The number of hydrogen-bond donors (Lipinski definition) is 8. The van der Waals surface area contributed by atoms with E-state index >= 15 is 0 Å². The van der Waals surface area contributed by atoms with E-state index in [-0.39, 0.29) is 79.0 Å². The van der Waals surface area contributed by atoms with Gasteiger partial charge in [-0.1, -0.05) is 143 Å². The fraction of sp³-hybridized carbons (Fsp3) is 0.631. The number of quaternary nitrogens is 2. The van der Waals surface area contributed by atoms with Crippen molar-refractivity contribution >= 4 is 35.5 Å². The number of carboxylic acids is 1. The number of methoxy groups -OCH3 is 4. The Hall–Kier alpha value is -8.27. The number of tetrazole rings is 1. The molecule has 5 rings (SSSR count). The summed E-state index contributed by atoms with van der Waals surface area (Å²) in [5, 5.41) is 54.7. The van der Waals surface area contributed by atoms with E-state index in [9.17, 15) is 44.1 Å². The molecule has 0 aliphatic carbocycles. The second kappa shape index (κ2) is 48.5. The van der Waals surface area contributed by atoms with Crippen LogP contribution in [0.2, 0.25) is 0 Å². The highest BCUT2D eigenvalue weighted by Gasteiger charge is 2.36. The van der Waals surface area contributed by atoms with Gasteiger partial charge in [-0.2, -0.15) is 5.21 Å². The van der Waals surface area contributed by atoms with E-state index in [1.54, 1.807) is 70.0 Å². The molecule has 0 saturated carbocycles. The summed E-state index contributed by atoms with van der Waals surface area (Å²) in [6.45, 7) is 31.8. The smallest absolute Gasteiger partial charge is 0.224 e. The number of nitrogens with two attached hydrogens (primary N) is 2. The highest BCUT2D eigenvalue weighted by Crippen LogP contribution is 2.35. The number of aliphatic hydroxyl groups excluding tert-OH is 2. The molecule has 26 nitrogen and oxygen atoms in total. The zero-order chi connectivity index (χ0) is 82.6. The molecule has 4 aromatic carbocycles. The number of benzene rings is 4. The molecule has 1 heterocycles. The molecule has 1 aromatic heterocycles. The minimum absolute atomic E-state index is 0.0195. The lowest BCUT2D eigenvalue weighted by atomic mass is 9.80. The normalized spacial score (nSPS) is 14.2. The number of aromatic nitrogens is 4. The van der Waals surface area contributed by atoms with Crippen LogP contribution in [0.25, 0.3) is 22.5 Å². The quantitative estimate of drug-likeness (QED) is 0.0174. The molecule has 14 N–H and O–H groups in total. The molecule has 616 valence electrons. The van der Waals surface area contributed by atoms with Gasteiger partial charge in [0, 0.05) is 96.8 Å². The maximum absolute atomic E-state index is 13.0. The molecule has 26 heteroatoms. The van der Waals surface area contributed by atoms with Crippen LogP contribution in [0.15, 0.2) is 84.9 Å². The highest BCUT2D eigenvalue weighted by molar-refractivity contribution is 5.85. The van der Waals surface area contributed by atoms with Gasteiger partial charge in [0.15, 0.2) is 23.0 Å². The third-order valence-corrected chi connectivity index (χ3v) is 20.5. The number of carboxylic acid groups (broad SMARTS) is 1. The molecule has 9 atom stereocenters. The largest absolute Gasteiger partial charge is 0.548 e. The zero-order valence-electron chi connectivity index (χ0n) is 69.4. The topological polar surface area (TPSA) is 409 Å². The van der Waals surface area contributed by atoms with E-state index in [4.69, 9.17) is 39.9 Å². The van der Waals surface area contributed by atoms with E-state index in [0.29, 0.717) is 86.3 Å². The number of ether oxygens (including phenoxy) is 6. The number of nitrogens with one attached hydrogen (secondary N) is 2. The summed E-state index contributed by atoms with van der Waals surface area (Å²) < 4.78 is 33.1. The Bertz CT molecular complexity index is 3390. The number of carbonyl (C=O) groups excluding carboxylic acids is 6. The van der Waals surface area contributed by atoms with Gasteiger partial charge in [-0.3, -0.25) is 34.3 Å². The van der Waals surface area contributed by atoms with Crippen molar-refractivity contribution in [3.05, 3.63) is 102 Å². The summed E-state index contributed by atoms with van der Waals surface area (Å²) in [5.74, 6) is 0.848. The summed E-state index contributed by atoms with van der Waals surface area (Å²) in [7, 11) is 6.61. The number of amides is 5. The van der Waals surface area contributed by atoms with Crippen molar-refractivity contribution in [3.8, 4) is 45.5 Å². The monoisotopic (exact) mass is 1540 g/mol. The number of aliphatic carboxylic acids is 1. The first-order valence-electron chi connectivity index (χ1n) is 39.0. The minimum Gasteiger partial charge on any atom is -0.548 e. The van der Waals surface area contributed by atoms with Crippen molar-refractivity contribution in [2.75, 3.05) is 68.0 Å². The molecule has 5 aromatic rings. The molecule has 0 aliphatic rings. The Labute approximate surface area is 654 Å². The molecule has 0 radical (unpaired) electrons. The van der Waals surface area contributed by atoms with Gasteiger partial charge >= 0.3 is 0 Å². The predicted octanol–water partition coefficient (Wildman–Crippen LogP) is 7.61. The maximum atomic E-state index is 13.0. The molecule has 110 heavy (non-hydrogen) atoms. The van der Waals surface area contributed by atoms with Crippen molar-refractivity contribution in [2.45, 2.75) is 211 Å². The first-order valence-corrected chi connectivity index (χ1v) is 39.0. The van der Waals surface area contributed by atoms with E-state index in [2.05, 4.69) is 82.6 Å². The Morgan fingerprint density at radius 1 is 0.564 bits per heavy atom. The van der Waals surface area contributed by atoms with E-state index in [1.165, 1.54) is 4.90 Å². The maximum Gasteiger partial charge on any atom is 0.224 e. The van der Waals surface area contributed by atoms with Gasteiger partial charge in [0.2, 0.25) is 29.5 Å². The van der Waals surface area contributed by atoms with Crippen molar-refractivity contribution < 1.29 is 84.0 Å². The number of primary amides is 2. The van der Waals surface area contributed by atoms with Gasteiger partial charge in [0.1, 0.15) is 24.3 Å². The van der Waals surface area contributed by atoms with Crippen molar-refractivity contribution in [1.29, 1.82) is 0 Å². The molecule has 0 aliphatic heterocycles. The van der Waals surface area contributed by atoms with Crippen molar-refractivity contribution in [1.82, 2.24) is 36.2 Å². The third kappa shape index (κ3) is 32.2. The molecule has 5 amide bonds. The molecule has 0 unspecified atom stereocenters. The van der Waals surface area contributed by atoms with Gasteiger partial charge in [0.25, 0.3) is 0 Å². The molecule has 0 saturated heterocycles. The molecular formula is C84H135N11O15. The zero-order valence-corrected chi connectivity index (χ0v) is 69.4. The molecule has 0 bridgehead atoms. The standard InChI is InChI=1S/2C30H53N3O6.C24H29N5O3/c2*1-19(2)22(14-21-10-11-26(38-8)27(15-21)39-13-9-12-37-7)16-24(31)25(34)17-23(20(3)4)28(35)33-18-30(5,6)29(32)36;1-4-5-10-21(30)29(22(16(2)3)24(31)32)15-17-11-13-18(14-12-17)19-8-6-7-9-20(19)23-25-27-28-26-23/h2*10-11,15,19-20,22-25,34H,9,12-14,16-18,31H2,1-8H3,(H2,32,36)(H,33,35);6-9,11-14,16,22H,4-5,10,15H2,1-3H3,(H2,25,26,27,28,31,32)/t2*22-,23-,24-,25-;22-/m000/s1. The lowest BCUT2D eigenvalue weighted by Gasteiger charge is -2.35. The van der Waals surface area contributed by atoms with Gasteiger partial charge in [-0.15, -0.1) is 0 Å². The van der Waals surface area contributed by atoms with Gasteiger partial charge < -0.3 is 92.1 Å². The van der Waals surface area contributed by atoms with Gasteiger partial charge in [0.05, 0.1) is 50.3 Å². The first kappa shape index (κ1) is 95.9. The minimum atomic E-state index is -1.23. The predicted molar refractivity (Wildman–Crippen MR) is 424 cm³/mol. The SMILES string of the molecule is CCCCC(=O)N(Cc1ccc(-c2ccccc2-c2nnn[n-]2)cc1)[C@H](C(=O)[O-])C(C)C.COCCCOc1cc(C[C@@H](C[C@H]([NH3+])[C@@H](O)C[C@H](C(=O)NCC(C)(C)C(N)=O)C(C)C)C(C)C)ccc1OC.COCCCOc1cc(C[C@@H](C[C@H]([NH3+])[C@@H](O)C[C@H](C(=O)NCC(C)(C)C(N)=O)C(C)C)C(C)C)ccc1OC. The van der Waals surface area contributed by atoms with Gasteiger partial charge in [-0.25, -0.2) is 0 Å². The summed E-state index contributed by atoms with van der Waals surface area (Å²) in [4.78, 5) is 75.2. The lowest BCUT2D eigenvalue weighted by molar-refractivity contribution is -0.442. The number of aliphatic hydroxyl groups is 2. The number of carbonyl (C=O) groups is 6. The molecular weight excluding hydrogens is 1400 g/mol. The second-order valence-electron chi connectivity index (χ2n) is 32.1. The van der Waals surface area contributed by atoms with E-state index in [1.807, 2.05) is 107 Å². The van der Waals surface area contributed by atoms with Crippen LogP contribution in [-0.4, -0.2) is 164 Å². The summed E-state index contributed by atoms with van der Waals surface area (Å²) >= 11 is 0. The number of rotatable bonds is 48. The Kier molecular flexibility index (Phi) is 42.3. The average molecular weight is 1540 g/mol. The van der Waals surface area contributed by atoms with Crippen LogP contribution in [0.1, 0.15) is 178 Å². The average Bonchev–Trinajstić information content (AvgIpc) is 1.35. The highest BCUT2D eigenvalue weighted by atomic mass is 16.5.